The van der Waals surface area contributed by atoms with Gasteiger partial charge in [0.2, 0.25) is 0 Å². The lowest BCUT2D eigenvalue weighted by atomic mass is 9.99. The number of phenols is 1. The van der Waals surface area contributed by atoms with Crippen LogP contribution in [0.3, 0.4) is 0 Å². The van der Waals surface area contributed by atoms with E-state index in [-0.39, 0.29) is 17.6 Å². The lowest BCUT2D eigenvalue weighted by Gasteiger charge is -2.15. The summed E-state index contributed by atoms with van der Waals surface area (Å²) in [6.45, 7) is 3.96. The molecule has 0 bridgehead atoms. The number of carboxylic acids is 1. The number of benzene rings is 1. The lowest BCUT2D eigenvalue weighted by molar-refractivity contribution is -0.142. The number of hydrogen-bond donors (Lipinski definition) is 2. The van der Waals surface area contributed by atoms with E-state index in [0.29, 0.717) is 18.1 Å². The van der Waals surface area contributed by atoms with E-state index in [2.05, 4.69) is 4.90 Å². The van der Waals surface area contributed by atoms with Gasteiger partial charge in [-0.05, 0) is 23.6 Å². The molecule has 0 spiro atoms. The van der Waals surface area contributed by atoms with Crippen molar-refractivity contribution in [2.24, 2.45) is 11.8 Å². The zero-order chi connectivity index (χ0) is 13.3. The summed E-state index contributed by atoms with van der Waals surface area (Å²) in [5, 5.41) is 18.7. The standard InChI is InChI=1S/C13H16ClNO3/c1-8-5-15(7-10(8)13(17)18)6-9-2-3-12(16)11(14)4-9/h2-4,8,10,16H,5-7H2,1H3,(H,17,18). The number of nitrogens with zero attached hydrogens (tertiary/aromatic N) is 1. The van der Waals surface area contributed by atoms with Crippen LogP contribution >= 0.6 is 11.6 Å². The van der Waals surface area contributed by atoms with Crippen LogP contribution in [0.15, 0.2) is 18.2 Å². The Kier molecular flexibility index (Phi) is 3.78. The summed E-state index contributed by atoms with van der Waals surface area (Å²) in [4.78, 5) is 13.1. The van der Waals surface area contributed by atoms with Crippen LogP contribution in [0.25, 0.3) is 0 Å². The molecule has 1 heterocycles. The van der Waals surface area contributed by atoms with Gasteiger partial charge in [0.1, 0.15) is 5.75 Å². The van der Waals surface area contributed by atoms with Gasteiger partial charge in [0, 0.05) is 19.6 Å². The Morgan fingerprint density at radius 2 is 2.22 bits per heavy atom. The van der Waals surface area contributed by atoms with Crippen molar-refractivity contribution in [2.45, 2.75) is 13.5 Å². The minimum atomic E-state index is -0.728. The maximum atomic E-state index is 11.0. The van der Waals surface area contributed by atoms with E-state index in [1.54, 1.807) is 18.2 Å². The smallest absolute Gasteiger partial charge is 0.308 e. The van der Waals surface area contributed by atoms with Gasteiger partial charge in [-0.3, -0.25) is 9.69 Å². The van der Waals surface area contributed by atoms with E-state index in [4.69, 9.17) is 16.7 Å². The summed E-state index contributed by atoms with van der Waals surface area (Å²) in [7, 11) is 0. The molecule has 1 aliphatic heterocycles. The zero-order valence-corrected chi connectivity index (χ0v) is 10.9. The molecular formula is C13H16ClNO3. The molecule has 1 saturated heterocycles. The van der Waals surface area contributed by atoms with Crippen molar-refractivity contribution in [1.82, 2.24) is 4.90 Å². The fourth-order valence-corrected chi connectivity index (χ4v) is 2.63. The molecule has 18 heavy (non-hydrogen) atoms. The van der Waals surface area contributed by atoms with Crippen LogP contribution in [-0.4, -0.2) is 34.2 Å². The van der Waals surface area contributed by atoms with Crippen LogP contribution in [0.5, 0.6) is 5.75 Å². The Balaban J connectivity index is 2.03. The molecule has 2 rings (SSSR count). The van der Waals surface area contributed by atoms with E-state index in [0.717, 1.165) is 12.1 Å². The molecule has 2 atom stereocenters. The van der Waals surface area contributed by atoms with E-state index >= 15 is 0 Å². The molecule has 1 aromatic rings. The molecule has 0 aromatic heterocycles. The molecule has 5 heteroatoms. The summed E-state index contributed by atoms with van der Waals surface area (Å²) in [5.41, 5.74) is 0.982. The maximum absolute atomic E-state index is 11.0. The van der Waals surface area contributed by atoms with Gasteiger partial charge in [-0.2, -0.15) is 0 Å². The lowest BCUT2D eigenvalue weighted by Crippen LogP contribution is -2.23. The van der Waals surface area contributed by atoms with Crippen LogP contribution in [0.2, 0.25) is 5.02 Å². The summed E-state index contributed by atoms with van der Waals surface area (Å²) in [5.74, 6) is -0.792. The predicted octanol–water partition coefficient (Wildman–Crippen LogP) is 2.20. The first kappa shape index (κ1) is 13.2. The highest BCUT2D eigenvalue weighted by molar-refractivity contribution is 6.32. The van der Waals surface area contributed by atoms with Crippen molar-refractivity contribution in [1.29, 1.82) is 0 Å². The summed E-state index contributed by atoms with van der Waals surface area (Å²) in [6, 6.07) is 5.08. The van der Waals surface area contributed by atoms with Gasteiger partial charge >= 0.3 is 5.97 Å². The predicted molar refractivity (Wildman–Crippen MR) is 68.7 cm³/mol. The first-order chi connectivity index (χ1) is 8.47. The Labute approximate surface area is 111 Å². The molecule has 1 aromatic carbocycles. The van der Waals surface area contributed by atoms with Crippen LogP contribution in [0.1, 0.15) is 12.5 Å². The van der Waals surface area contributed by atoms with Crippen molar-refractivity contribution in [2.75, 3.05) is 13.1 Å². The third-order valence-electron chi connectivity index (χ3n) is 3.42. The highest BCUT2D eigenvalue weighted by Gasteiger charge is 2.34. The normalized spacial score (nSPS) is 24.3. The summed E-state index contributed by atoms with van der Waals surface area (Å²) < 4.78 is 0. The van der Waals surface area contributed by atoms with Crippen molar-refractivity contribution >= 4 is 17.6 Å². The van der Waals surface area contributed by atoms with Gasteiger partial charge in [-0.15, -0.1) is 0 Å². The van der Waals surface area contributed by atoms with Crippen molar-refractivity contribution in [3.8, 4) is 5.75 Å². The molecule has 0 saturated carbocycles. The van der Waals surface area contributed by atoms with Crippen LogP contribution in [-0.2, 0) is 11.3 Å². The van der Waals surface area contributed by atoms with Gasteiger partial charge in [0.05, 0.1) is 10.9 Å². The van der Waals surface area contributed by atoms with Crippen molar-refractivity contribution in [3.05, 3.63) is 28.8 Å². The molecule has 0 amide bonds. The number of phenolic OH excluding ortho intramolecular Hbond substituents is 1. The number of halogens is 1. The Hall–Kier alpha value is -1.26. The Morgan fingerprint density at radius 1 is 1.50 bits per heavy atom. The highest BCUT2D eigenvalue weighted by atomic mass is 35.5. The molecule has 2 unspecified atom stereocenters. The van der Waals surface area contributed by atoms with Gasteiger partial charge < -0.3 is 10.2 Å². The molecule has 0 aliphatic carbocycles. The summed E-state index contributed by atoms with van der Waals surface area (Å²) >= 11 is 5.84. The topological polar surface area (TPSA) is 60.8 Å². The van der Waals surface area contributed by atoms with Gasteiger partial charge in [-0.25, -0.2) is 0 Å². The fraction of sp³-hybridized carbons (Fsp3) is 0.462. The third-order valence-corrected chi connectivity index (χ3v) is 3.73. The van der Waals surface area contributed by atoms with Crippen LogP contribution < -0.4 is 0 Å². The minimum absolute atomic E-state index is 0.0682. The molecule has 2 N–H and O–H groups in total. The number of likely N-dealkylation sites (tertiary alicyclic amines) is 1. The van der Waals surface area contributed by atoms with Crippen LogP contribution in [0, 0.1) is 11.8 Å². The first-order valence-electron chi connectivity index (χ1n) is 5.90. The van der Waals surface area contributed by atoms with E-state index in [1.807, 2.05) is 6.92 Å². The molecule has 98 valence electrons. The van der Waals surface area contributed by atoms with Crippen molar-refractivity contribution < 1.29 is 15.0 Å². The molecule has 4 nitrogen and oxygen atoms in total. The zero-order valence-electron chi connectivity index (χ0n) is 10.1. The van der Waals surface area contributed by atoms with Crippen LogP contribution in [0.4, 0.5) is 0 Å². The van der Waals surface area contributed by atoms with Gasteiger partial charge in [0.25, 0.3) is 0 Å². The molecular weight excluding hydrogens is 254 g/mol. The maximum Gasteiger partial charge on any atom is 0.308 e. The molecule has 0 radical (unpaired) electrons. The molecule has 1 fully saturated rings. The monoisotopic (exact) mass is 269 g/mol. The SMILES string of the molecule is CC1CN(Cc2ccc(O)c(Cl)c2)CC1C(=O)O. The average Bonchev–Trinajstić information content (AvgIpc) is 2.65. The second-order valence-electron chi connectivity index (χ2n) is 4.90. The quantitative estimate of drug-likeness (QED) is 0.883. The Morgan fingerprint density at radius 3 is 2.78 bits per heavy atom. The third kappa shape index (κ3) is 2.76. The van der Waals surface area contributed by atoms with E-state index in [9.17, 15) is 9.90 Å². The van der Waals surface area contributed by atoms with Gasteiger partial charge in [-0.1, -0.05) is 24.6 Å². The largest absolute Gasteiger partial charge is 0.506 e. The number of hydrogen-bond acceptors (Lipinski definition) is 3. The fourth-order valence-electron chi connectivity index (χ4n) is 2.42. The molecule has 1 aliphatic rings. The number of aliphatic carboxylic acids is 1. The second-order valence-corrected chi connectivity index (χ2v) is 5.31. The number of carboxylic acid groups (broad SMARTS) is 1. The number of rotatable bonds is 3. The average molecular weight is 270 g/mol. The minimum Gasteiger partial charge on any atom is -0.506 e. The van der Waals surface area contributed by atoms with E-state index in [1.165, 1.54) is 0 Å². The van der Waals surface area contributed by atoms with E-state index < -0.39 is 5.97 Å². The number of aromatic hydroxyl groups is 1. The highest BCUT2D eigenvalue weighted by Crippen LogP contribution is 2.27. The Bertz CT molecular complexity index is 464. The van der Waals surface area contributed by atoms with Gasteiger partial charge in [0.15, 0.2) is 0 Å². The van der Waals surface area contributed by atoms with Crippen molar-refractivity contribution in [3.63, 3.8) is 0 Å². The number of carbonyl (C=O) groups is 1. The summed E-state index contributed by atoms with van der Waals surface area (Å²) in [6.07, 6.45) is 0. The second kappa shape index (κ2) is 5.16. The first-order valence-corrected chi connectivity index (χ1v) is 6.27.